The van der Waals surface area contributed by atoms with Gasteiger partial charge in [0.25, 0.3) is 0 Å². The summed E-state index contributed by atoms with van der Waals surface area (Å²) in [5.41, 5.74) is 1.64. The Hall–Kier alpha value is -1.36. The Bertz CT molecular complexity index is 879. The van der Waals surface area contributed by atoms with Gasteiger partial charge < -0.3 is 0 Å². The quantitative estimate of drug-likeness (QED) is 0.713. The average molecular weight is 397 g/mol. The fourth-order valence-corrected chi connectivity index (χ4v) is 5.35. The number of benzene rings is 2. The fourth-order valence-electron chi connectivity index (χ4n) is 3.14. The van der Waals surface area contributed by atoms with Crippen LogP contribution in [0.15, 0.2) is 47.4 Å². The van der Waals surface area contributed by atoms with E-state index in [1.807, 2.05) is 6.07 Å². The van der Waals surface area contributed by atoms with Crippen molar-refractivity contribution < 1.29 is 13.2 Å². The molecule has 0 aromatic heterocycles. The summed E-state index contributed by atoms with van der Waals surface area (Å²) >= 11 is 12.1. The van der Waals surface area contributed by atoms with E-state index < -0.39 is 9.84 Å². The van der Waals surface area contributed by atoms with Crippen molar-refractivity contribution in [3.63, 3.8) is 0 Å². The summed E-state index contributed by atoms with van der Waals surface area (Å²) in [5, 5.41) is 1.08. The third-order valence-electron chi connectivity index (χ3n) is 4.57. The lowest BCUT2D eigenvalue weighted by atomic mass is 9.90. The number of carbonyl (C=O) groups excluding carboxylic acids is 1. The van der Waals surface area contributed by atoms with Gasteiger partial charge in [-0.25, -0.2) is 8.42 Å². The van der Waals surface area contributed by atoms with E-state index in [4.69, 9.17) is 23.2 Å². The second-order valence-corrected chi connectivity index (χ2v) is 9.29. The monoisotopic (exact) mass is 396 g/mol. The van der Waals surface area contributed by atoms with Gasteiger partial charge in [-0.1, -0.05) is 41.4 Å². The highest BCUT2D eigenvalue weighted by molar-refractivity contribution is 7.91. The molecular formula is C19H18Cl2O3S. The summed E-state index contributed by atoms with van der Waals surface area (Å²) in [6.45, 7) is 0. The minimum Gasteiger partial charge on any atom is -0.300 e. The van der Waals surface area contributed by atoms with Gasteiger partial charge in [0.05, 0.1) is 10.6 Å². The maximum Gasteiger partial charge on any atom is 0.178 e. The third-order valence-corrected chi connectivity index (χ3v) is 7.02. The molecule has 0 spiro atoms. The molecule has 2 aromatic carbocycles. The largest absolute Gasteiger partial charge is 0.300 e. The maximum absolute atomic E-state index is 12.6. The van der Waals surface area contributed by atoms with E-state index >= 15 is 0 Å². The molecule has 1 saturated carbocycles. The predicted molar refractivity (Wildman–Crippen MR) is 101 cm³/mol. The summed E-state index contributed by atoms with van der Waals surface area (Å²) in [6.07, 6.45) is 2.31. The lowest BCUT2D eigenvalue weighted by molar-refractivity contribution is -0.120. The number of hydrogen-bond acceptors (Lipinski definition) is 3. The van der Waals surface area contributed by atoms with Gasteiger partial charge in [-0.15, -0.1) is 0 Å². The molecule has 3 nitrogen and oxygen atoms in total. The zero-order valence-corrected chi connectivity index (χ0v) is 15.9. The van der Waals surface area contributed by atoms with Gasteiger partial charge in [0.2, 0.25) is 0 Å². The van der Waals surface area contributed by atoms with Crippen LogP contribution in [0, 0.1) is 5.92 Å². The summed E-state index contributed by atoms with van der Waals surface area (Å²) in [5.74, 6) is 0.396. The predicted octanol–water partition coefficient (Wildman–Crippen LogP) is 5.19. The smallest absolute Gasteiger partial charge is 0.178 e. The molecule has 2 aromatic rings. The molecular weight excluding hydrogens is 379 g/mol. The van der Waals surface area contributed by atoms with Crippen LogP contribution in [0.2, 0.25) is 10.0 Å². The molecule has 1 aliphatic carbocycles. The van der Waals surface area contributed by atoms with E-state index in [0.717, 1.165) is 11.1 Å². The molecule has 0 aliphatic heterocycles. The van der Waals surface area contributed by atoms with Gasteiger partial charge >= 0.3 is 0 Å². The van der Waals surface area contributed by atoms with Crippen molar-refractivity contribution in [1.82, 2.24) is 0 Å². The van der Waals surface area contributed by atoms with Gasteiger partial charge in [0.15, 0.2) is 9.84 Å². The van der Waals surface area contributed by atoms with Gasteiger partial charge in [-0.2, -0.15) is 0 Å². The van der Waals surface area contributed by atoms with E-state index in [-0.39, 0.29) is 17.5 Å². The molecule has 0 atom stereocenters. The zero-order valence-electron chi connectivity index (χ0n) is 13.5. The number of hydrogen-bond donors (Lipinski definition) is 0. The second kappa shape index (κ2) is 7.48. The lowest BCUT2D eigenvalue weighted by Gasteiger charge is -2.20. The fraction of sp³-hybridized carbons (Fsp3) is 0.316. The van der Waals surface area contributed by atoms with Crippen LogP contribution in [-0.2, 0) is 14.6 Å². The highest BCUT2D eigenvalue weighted by Gasteiger charge is 2.25. The van der Waals surface area contributed by atoms with Crippen LogP contribution in [0.4, 0.5) is 0 Å². The van der Waals surface area contributed by atoms with E-state index in [9.17, 15) is 13.2 Å². The summed E-state index contributed by atoms with van der Waals surface area (Å²) in [7, 11) is -3.36. The van der Waals surface area contributed by atoms with Crippen LogP contribution in [-0.4, -0.2) is 20.0 Å². The lowest BCUT2D eigenvalue weighted by Crippen LogP contribution is -2.22. The Morgan fingerprint density at radius 2 is 1.60 bits per heavy atom. The third kappa shape index (κ3) is 4.43. The minimum atomic E-state index is -3.36. The second-order valence-electron chi connectivity index (χ2n) is 6.41. The highest BCUT2D eigenvalue weighted by atomic mass is 35.5. The Balaban J connectivity index is 1.78. The molecule has 3 rings (SSSR count). The molecule has 0 N–H and O–H groups in total. The van der Waals surface area contributed by atoms with Crippen LogP contribution in [0.25, 0.3) is 11.1 Å². The summed E-state index contributed by atoms with van der Waals surface area (Å²) in [4.78, 5) is 11.6. The van der Waals surface area contributed by atoms with Crippen LogP contribution < -0.4 is 0 Å². The number of ketones is 1. The molecule has 25 heavy (non-hydrogen) atoms. The van der Waals surface area contributed by atoms with Gasteiger partial charge in [0, 0.05) is 28.5 Å². The van der Waals surface area contributed by atoms with Crippen LogP contribution in [0.1, 0.15) is 25.7 Å². The molecule has 1 aliphatic rings. The molecule has 0 amide bonds. The number of sulfone groups is 1. The Morgan fingerprint density at radius 3 is 2.20 bits per heavy atom. The summed E-state index contributed by atoms with van der Waals surface area (Å²) in [6, 6.07) is 12.0. The van der Waals surface area contributed by atoms with E-state index in [1.165, 1.54) is 0 Å². The van der Waals surface area contributed by atoms with Crippen LogP contribution >= 0.6 is 23.2 Å². The SMILES string of the molecule is O=C1CCC(CS(=O)(=O)c2ccc(-c3ccc(Cl)cc3Cl)cc2)CC1. The van der Waals surface area contributed by atoms with Crippen LogP contribution in [0.5, 0.6) is 0 Å². The highest BCUT2D eigenvalue weighted by Crippen LogP contribution is 2.31. The number of rotatable bonds is 4. The molecule has 0 heterocycles. The van der Waals surface area contributed by atoms with Crippen molar-refractivity contribution in [2.24, 2.45) is 5.92 Å². The van der Waals surface area contributed by atoms with Crippen molar-refractivity contribution in [1.29, 1.82) is 0 Å². The zero-order chi connectivity index (χ0) is 18.0. The first-order valence-electron chi connectivity index (χ1n) is 8.15. The number of carbonyl (C=O) groups is 1. The minimum absolute atomic E-state index is 0.0630. The van der Waals surface area contributed by atoms with Crippen molar-refractivity contribution in [3.8, 4) is 11.1 Å². The maximum atomic E-state index is 12.6. The normalized spacial score (nSPS) is 16.2. The standard InChI is InChI=1S/C19H18Cl2O3S/c20-15-5-10-18(19(21)11-15)14-3-8-17(9-4-14)25(23,24)12-13-1-6-16(22)7-2-13/h3-5,8-11,13H,1-2,6-7,12H2. The molecule has 132 valence electrons. The Morgan fingerprint density at radius 1 is 0.960 bits per heavy atom. The molecule has 0 bridgehead atoms. The van der Waals surface area contributed by atoms with Gasteiger partial charge in [-0.05, 0) is 48.6 Å². The molecule has 0 radical (unpaired) electrons. The first kappa shape index (κ1) is 18.4. The van der Waals surface area contributed by atoms with Crippen molar-refractivity contribution >= 4 is 38.8 Å². The van der Waals surface area contributed by atoms with E-state index in [1.54, 1.807) is 36.4 Å². The first-order chi connectivity index (χ1) is 11.8. The van der Waals surface area contributed by atoms with E-state index in [0.29, 0.717) is 40.6 Å². The topological polar surface area (TPSA) is 51.2 Å². The molecule has 0 saturated heterocycles. The average Bonchev–Trinajstić information content (AvgIpc) is 2.57. The molecule has 1 fully saturated rings. The van der Waals surface area contributed by atoms with Crippen LogP contribution in [0.3, 0.4) is 0 Å². The van der Waals surface area contributed by atoms with Crippen molar-refractivity contribution in [3.05, 3.63) is 52.5 Å². The van der Waals surface area contributed by atoms with Gasteiger partial charge in [0.1, 0.15) is 5.78 Å². The number of halogens is 2. The van der Waals surface area contributed by atoms with Crippen molar-refractivity contribution in [2.45, 2.75) is 30.6 Å². The Kier molecular flexibility index (Phi) is 5.52. The molecule has 0 unspecified atom stereocenters. The van der Waals surface area contributed by atoms with Crippen molar-refractivity contribution in [2.75, 3.05) is 5.75 Å². The van der Waals surface area contributed by atoms with E-state index in [2.05, 4.69) is 0 Å². The summed E-state index contributed by atoms with van der Waals surface area (Å²) < 4.78 is 25.2. The molecule has 6 heteroatoms. The Labute approximate surface area is 157 Å². The first-order valence-corrected chi connectivity index (χ1v) is 10.6. The van der Waals surface area contributed by atoms with Gasteiger partial charge in [-0.3, -0.25) is 4.79 Å². The number of Topliss-reactive ketones (excluding diaryl/α,β-unsaturated/α-hetero) is 1.